The van der Waals surface area contributed by atoms with Crippen LogP contribution < -0.4 is 0 Å². The van der Waals surface area contributed by atoms with Crippen LogP contribution in [0, 0.1) is 10.7 Å². The summed E-state index contributed by atoms with van der Waals surface area (Å²) in [5.74, 6) is 0.224. The zero-order chi connectivity index (χ0) is 7.40. The highest BCUT2D eigenvalue weighted by atomic mass is 32.2. The van der Waals surface area contributed by atoms with Crippen LogP contribution in [0.4, 0.5) is 0 Å². The van der Waals surface area contributed by atoms with Gasteiger partial charge in [-0.2, -0.15) is 5.26 Å². The Balaban J connectivity index is 2.81. The van der Waals surface area contributed by atoms with Crippen LogP contribution in [0.2, 0.25) is 0 Å². The molecule has 0 saturated heterocycles. The van der Waals surface area contributed by atoms with Crippen molar-refractivity contribution in [2.75, 3.05) is 0 Å². The summed E-state index contributed by atoms with van der Waals surface area (Å²) in [6, 6.07) is 6.51. The quantitative estimate of drug-likeness (QED) is 0.493. The van der Waals surface area contributed by atoms with E-state index in [-0.39, 0.29) is 5.75 Å². The fourth-order valence-corrected chi connectivity index (χ4v) is 0.944. The van der Waals surface area contributed by atoms with Crippen LogP contribution >= 0.6 is 11.8 Å². The van der Waals surface area contributed by atoms with E-state index in [9.17, 15) is 0 Å². The highest BCUT2D eigenvalue weighted by Gasteiger charge is 1.90. The minimum absolute atomic E-state index is 0.224. The summed E-state index contributed by atoms with van der Waals surface area (Å²) in [4.78, 5) is 0.848. The number of thioether (sulfide) groups is 1. The predicted octanol–water partition coefficient (Wildman–Crippen LogP) is 1.97. The molecule has 10 heavy (non-hydrogen) atoms. The van der Waals surface area contributed by atoms with Gasteiger partial charge in [-0.1, -0.05) is 0 Å². The van der Waals surface area contributed by atoms with Gasteiger partial charge in [-0.25, -0.2) is 0 Å². The number of phenols is 1. The number of benzene rings is 1. The molecule has 0 fully saturated rings. The molecule has 0 unspecified atom stereocenters. The van der Waals surface area contributed by atoms with Gasteiger partial charge < -0.3 is 5.11 Å². The monoisotopic (exact) mass is 151 g/mol. The second-order valence-electron chi connectivity index (χ2n) is 1.69. The van der Waals surface area contributed by atoms with Gasteiger partial charge in [0.2, 0.25) is 0 Å². The average molecular weight is 151 g/mol. The molecule has 1 aromatic carbocycles. The van der Waals surface area contributed by atoms with Crippen molar-refractivity contribution in [3.05, 3.63) is 24.3 Å². The largest absolute Gasteiger partial charge is 0.508 e. The van der Waals surface area contributed by atoms with E-state index in [1.807, 2.05) is 5.40 Å². The summed E-state index contributed by atoms with van der Waals surface area (Å²) in [6.07, 6.45) is 0. The zero-order valence-electron chi connectivity index (χ0n) is 5.11. The summed E-state index contributed by atoms with van der Waals surface area (Å²) in [5, 5.41) is 19.0. The zero-order valence-corrected chi connectivity index (χ0v) is 5.93. The summed E-state index contributed by atoms with van der Waals surface area (Å²) < 4.78 is 0. The van der Waals surface area contributed by atoms with Gasteiger partial charge in [-0.15, -0.1) is 0 Å². The van der Waals surface area contributed by atoms with Crippen LogP contribution in [-0.2, 0) is 0 Å². The van der Waals surface area contributed by atoms with Gasteiger partial charge in [0, 0.05) is 4.90 Å². The van der Waals surface area contributed by atoms with Gasteiger partial charge in [0.15, 0.2) is 0 Å². The highest BCUT2D eigenvalue weighted by molar-refractivity contribution is 8.03. The lowest BCUT2D eigenvalue weighted by Crippen LogP contribution is -1.66. The van der Waals surface area contributed by atoms with Crippen molar-refractivity contribution in [3.8, 4) is 11.2 Å². The van der Waals surface area contributed by atoms with E-state index < -0.39 is 0 Å². The lowest BCUT2D eigenvalue weighted by atomic mass is 10.3. The minimum Gasteiger partial charge on any atom is -0.508 e. The van der Waals surface area contributed by atoms with Crippen LogP contribution in [0.3, 0.4) is 0 Å². The Hall–Kier alpha value is -1.14. The average Bonchev–Trinajstić information content (AvgIpc) is 1.95. The van der Waals surface area contributed by atoms with Crippen molar-refractivity contribution in [1.82, 2.24) is 0 Å². The van der Waals surface area contributed by atoms with Crippen molar-refractivity contribution < 1.29 is 5.11 Å². The van der Waals surface area contributed by atoms with Crippen molar-refractivity contribution in [2.24, 2.45) is 0 Å². The third-order valence-corrected chi connectivity index (χ3v) is 1.60. The third kappa shape index (κ3) is 1.67. The summed E-state index contributed by atoms with van der Waals surface area (Å²) in [5.41, 5.74) is 0. The van der Waals surface area contributed by atoms with E-state index in [0.717, 1.165) is 16.7 Å². The molecule has 0 aromatic heterocycles. The molecule has 0 heterocycles. The van der Waals surface area contributed by atoms with Gasteiger partial charge >= 0.3 is 0 Å². The van der Waals surface area contributed by atoms with Crippen molar-refractivity contribution >= 4 is 11.8 Å². The molecule has 3 heteroatoms. The fraction of sp³-hybridized carbons (Fsp3) is 0. The van der Waals surface area contributed by atoms with Gasteiger partial charge in [0.1, 0.15) is 11.2 Å². The molecule has 1 aromatic rings. The highest BCUT2D eigenvalue weighted by Crippen LogP contribution is 2.18. The maximum Gasteiger partial charge on any atom is 0.138 e. The molecule has 0 aliphatic rings. The Morgan fingerprint density at radius 2 is 1.90 bits per heavy atom. The molecule has 0 radical (unpaired) electrons. The van der Waals surface area contributed by atoms with Crippen molar-refractivity contribution in [2.45, 2.75) is 4.90 Å². The molecule has 0 aliphatic heterocycles. The van der Waals surface area contributed by atoms with Gasteiger partial charge in [-0.05, 0) is 36.0 Å². The molecule has 0 amide bonds. The number of aromatic hydroxyl groups is 1. The van der Waals surface area contributed by atoms with E-state index in [1.165, 1.54) is 0 Å². The normalized spacial score (nSPS) is 8.70. The number of hydrogen-bond acceptors (Lipinski definition) is 3. The van der Waals surface area contributed by atoms with Gasteiger partial charge in [-0.3, -0.25) is 0 Å². The molecular weight excluding hydrogens is 146 g/mol. The lowest BCUT2D eigenvalue weighted by molar-refractivity contribution is 0.475. The smallest absolute Gasteiger partial charge is 0.138 e. The maximum atomic E-state index is 8.83. The Kier molecular flexibility index (Phi) is 2.19. The Morgan fingerprint density at radius 3 is 2.40 bits per heavy atom. The molecule has 1 rings (SSSR count). The lowest BCUT2D eigenvalue weighted by Gasteiger charge is -1.91. The van der Waals surface area contributed by atoms with E-state index in [1.54, 1.807) is 24.3 Å². The SMILES string of the molecule is N#CSc1ccc(O)cc1. The van der Waals surface area contributed by atoms with Crippen molar-refractivity contribution in [1.29, 1.82) is 5.26 Å². The molecular formula is C7H5NOS. The number of thiocyanates is 1. The molecule has 0 aliphatic carbocycles. The van der Waals surface area contributed by atoms with Crippen LogP contribution in [0.15, 0.2) is 29.2 Å². The molecule has 0 atom stereocenters. The first kappa shape index (κ1) is 6.97. The van der Waals surface area contributed by atoms with E-state index >= 15 is 0 Å². The summed E-state index contributed by atoms with van der Waals surface area (Å²) in [6.45, 7) is 0. The number of phenolic OH excluding ortho intramolecular Hbond substituents is 1. The summed E-state index contributed by atoms with van der Waals surface area (Å²) in [7, 11) is 0. The van der Waals surface area contributed by atoms with Crippen LogP contribution in [0.25, 0.3) is 0 Å². The number of nitriles is 1. The van der Waals surface area contributed by atoms with Gasteiger partial charge in [0.05, 0.1) is 0 Å². The number of hydrogen-bond donors (Lipinski definition) is 1. The fourth-order valence-electron chi connectivity index (χ4n) is 0.567. The first-order valence-electron chi connectivity index (χ1n) is 2.68. The summed E-state index contributed by atoms with van der Waals surface area (Å²) >= 11 is 1.08. The predicted molar refractivity (Wildman–Crippen MR) is 39.6 cm³/mol. The van der Waals surface area contributed by atoms with Crippen molar-refractivity contribution in [3.63, 3.8) is 0 Å². The topological polar surface area (TPSA) is 44.0 Å². The molecule has 2 nitrogen and oxygen atoms in total. The molecule has 1 N–H and O–H groups in total. The number of nitrogens with zero attached hydrogens (tertiary/aromatic N) is 1. The first-order chi connectivity index (χ1) is 4.83. The molecule has 50 valence electrons. The van der Waals surface area contributed by atoms with Crippen LogP contribution in [-0.4, -0.2) is 5.11 Å². The standard InChI is InChI=1S/C7H5NOS/c8-5-10-7-3-1-6(9)2-4-7/h1-4,9H. The Morgan fingerprint density at radius 1 is 1.30 bits per heavy atom. The second-order valence-corrected chi connectivity index (χ2v) is 2.55. The van der Waals surface area contributed by atoms with E-state index in [0.29, 0.717) is 0 Å². The van der Waals surface area contributed by atoms with Gasteiger partial charge in [0.25, 0.3) is 0 Å². The van der Waals surface area contributed by atoms with Crippen LogP contribution in [0.5, 0.6) is 5.75 Å². The first-order valence-corrected chi connectivity index (χ1v) is 3.49. The van der Waals surface area contributed by atoms with Crippen LogP contribution in [0.1, 0.15) is 0 Å². The third-order valence-electron chi connectivity index (χ3n) is 1.00. The Labute approximate surface area is 63.1 Å². The van der Waals surface area contributed by atoms with E-state index in [4.69, 9.17) is 10.4 Å². The second kappa shape index (κ2) is 3.14. The molecule has 0 spiro atoms. The van der Waals surface area contributed by atoms with E-state index in [2.05, 4.69) is 0 Å². The number of rotatable bonds is 1. The Bertz CT molecular complexity index is 249. The molecule has 0 saturated carbocycles. The molecule has 0 bridgehead atoms. The minimum atomic E-state index is 0.224. The maximum absolute atomic E-state index is 8.83.